The molecule has 0 saturated heterocycles. The Hall–Kier alpha value is -2.84. The van der Waals surface area contributed by atoms with Crippen molar-refractivity contribution in [2.75, 3.05) is 0 Å². The van der Waals surface area contributed by atoms with Crippen molar-refractivity contribution >= 4 is 29.5 Å². The van der Waals surface area contributed by atoms with Gasteiger partial charge in [0.25, 0.3) is 0 Å². The Balaban J connectivity index is 2.00. The van der Waals surface area contributed by atoms with E-state index in [1.54, 1.807) is 0 Å². The van der Waals surface area contributed by atoms with Gasteiger partial charge in [0.1, 0.15) is 5.75 Å². The standard InChI is InChI=1S/C26H26OSi/c1-26(2,3)28(22-15-6-4-7-16-22,23-17-8-5-9-18-23)27-25-20-12-14-21-13-10-11-19-24(21)25/h4-20H,1-3H3. The minimum Gasteiger partial charge on any atom is -0.534 e. The van der Waals surface area contributed by atoms with Gasteiger partial charge in [0, 0.05) is 5.39 Å². The molecule has 0 spiro atoms. The van der Waals surface area contributed by atoms with Gasteiger partial charge in [0.2, 0.25) is 0 Å². The molecule has 0 fully saturated rings. The van der Waals surface area contributed by atoms with Crippen LogP contribution in [-0.2, 0) is 0 Å². The minimum atomic E-state index is -2.61. The van der Waals surface area contributed by atoms with E-state index in [2.05, 4.69) is 124 Å². The molecule has 0 atom stereocenters. The molecule has 0 N–H and O–H groups in total. The Labute approximate surface area is 168 Å². The first-order valence-corrected chi connectivity index (χ1v) is 11.7. The molecule has 0 aromatic heterocycles. The van der Waals surface area contributed by atoms with Crippen LogP contribution in [0.25, 0.3) is 10.8 Å². The fourth-order valence-corrected chi connectivity index (χ4v) is 8.54. The van der Waals surface area contributed by atoms with Crippen molar-refractivity contribution in [2.24, 2.45) is 0 Å². The Morgan fingerprint density at radius 3 is 1.64 bits per heavy atom. The molecule has 4 rings (SSSR count). The van der Waals surface area contributed by atoms with Gasteiger partial charge in [-0.15, -0.1) is 0 Å². The maximum atomic E-state index is 7.19. The molecule has 0 aliphatic carbocycles. The number of hydrogen-bond acceptors (Lipinski definition) is 1. The summed E-state index contributed by atoms with van der Waals surface area (Å²) in [6.07, 6.45) is 0. The van der Waals surface area contributed by atoms with Gasteiger partial charge in [-0.2, -0.15) is 0 Å². The summed E-state index contributed by atoms with van der Waals surface area (Å²) in [4.78, 5) is 0. The van der Waals surface area contributed by atoms with E-state index in [0.29, 0.717) is 0 Å². The van der Waals surface area contributed by atoms with Crippen LogP contribution in [0.1, 0.15) is 20.8 Å². The number of benzene rings is 4. The van der Waals surface area contributed by atoms with Gasteiger partial charge in [-0.05, 0) is 26.9 Å². The minimum absolute atomic E-state index is 0.0490. The van der Waals surface area contributed by atoms with Crippen molar-refractivity contribution in [2.45, 2.75) is 25.8 Å². The molecule has 0 radical (unpaired) electrons. The molecular weight excluding hydrogens is 356 g/mol. The molecule has 0 bridgehead atoms. The van der Waals surface area contributed by atoms with E-state index < -0.39 is 8.32 Å². The van der Waals surface area contributed by atoms with Gasteiger partial charge in [0.05, 0.1) is 0 Å². The maximum Gasteiger partial charge on any atom is 0.319 e. The van der Waals surface area contributed by atoms with Crippen molar-refractivity contribution < 1.29 is 4.43 Å². The Bertz CT molecular complexity index is 1020. The second-order valence-electron chi connectivity index (χ2n) is 8.24. The van der Waals surface area contributed by atoms with E-state index in [0.717, 1.165) is 11.1 Å². The van der Waals surface area contributed by atoms with Crippen molar-refractivity contribution in [1.29, 1.82) is 0 Å². The monoisotopic (exact) mass is 382 g/mol. The lowest BCUT2D eigenvalue weighted by Crippen LogP contribution is -2.68. The number of hydrogen-bond donors (Lipinski definition) is 0. The smallest absolute Gasteiger partial charge is 0.319 e. The SMILES string of the molecule is CC(C)(C)[Si](Oc1cccc2ccccc12)(c1ccccc1)c1ccccc1. The zero-order valence-electron chi connectivity index (χ0n) is 16.7. The first kappa shape index (κ1) is 18.5. The van der Waals surface area contributed by atoms with E-state index >= 15 is 0 Å². The quantitative estimate of drug-likeness (QED) is 0.407. The first-order chi connectivity index (χ1) is 13.5. The summed E-state index contributed by atoms with van der Waals surface area (Å²) in [5.74, 6) is 0.965. The van der Waals surface area contributed by atoms with Crippen LogP contribution >= 0.6 is 0 Å². The molecule has 0 amide bonds. The summed E-state index contributed by atoms with van der Waals surface area (Å²) in [6.45, 7) is 6.93. The summed E-state index contributed by atoms with van der Waals surface area (Å²) >= 11 is 0. The Morgan fingerprint density at radius 1 is 0.571 bits per heavy atom. The molecule has 0 aliphatic heterocycles. The van der Waals surface area contributed by atoms with E-state index in [1.807, 2.05) is 0 Å². The molecule has 0 aliphatic rings. The van der Waals surface area contributed by atoms with Gasteiger partial charge < -0.3 is 4.43 Å². The van der Waals surface area contributed by atoms with Crippen LogP contribution in [0.3, 0.4) is 0 Å². The molecule has 1 nitrogen and oxygen atoms in total. The number of fused-ring (bicyclic) bond motifs is 1. The highest BCUT2D eigenvalue weighted by molar-refractivity contribution is 7.00. The van der Waals surface area contributed by atoms with Crippen LogP contribution < -0.4 is 14.8 Å². The fraction of sp³-hybridized carbons (Fsp3) is 0.154. The highest BCUT2D eigenvalue weighted by Gasteiger charge is 2.52. The lowest BCUT2D eigenvalue weighted by atomic mass is 10.1. The second-order valence-corrected chi connectivity index (χ2v) is 12.5. The highest BCUT2D eigenvalue weighted by atomic mass is 28.4. The Kier molecular flexibility index (Phi) is 4.82. The van der Waals surface area contributed by atoms with Crippen molar-refractivity contribution in [3.8, 4) is 5.75 Å². The predicted molar refractivity (Wildman–Crippen MR) is 122 cm³/mol. The average Bonchev–Trinajstić information content (AvgIpc) is 2.72. The third-order valence-electron chi connectivity index (χ3n) is 5.43. The summed E-state index contributed by atoms with van der Waals surface area (Å²) < 4.78 is 7.19. The van der Waals surface area contributed by atoms with E-state index in [-0.39, 0.29) is 5.04 Å². The molecule has 28 heavy (non-hydrogen) atoms. The first-order valence-electron chi connectivity index (χ1n) is 9.80. The largest absolute Gasteiger partial charge is 0.534 e. The van der Waals surface area contributed by atoms with Gasteiger partial charge in [-0.25, -0.2) is 0 Å². The lowest BCUT2D eigenvalue weighted by molar-refractivity contribution is 0.513. The molecule has 0 unspecified atom stereocenters. The zero-order chi connectivity index (χ0) is 19.6. The van der Waals surface area contributed by atoms with Gasteiger partial charge in [-0.3, -0.25) is 0 Å². The average molecular weight is 383 g/mol. The molecular formula is C26H26OSi. The van der Waals surface area contributed by atoms with Gasteiger partial charge in [-0.1, -0.05) is 118 Å². The third kappa shape index (κ3) is 3.14. The second kappa shape index (κ2) is 7.29. The molecule has 140 valence electrons. The van der Waals surface area contributed by atoms with Crippen LogP contribution in [0.2, 0.25) is 5.04 Å². The van der Waals surface area contributed by atoms with E-state index in [1.165, 1.54) is 15.8 Å². The van der Waals surface area contributed by atoms with Crippen LogP contribution in [0, 0.1) is 0 Å². The topological polar surface area (TPSA) is 9.23 Å². The zero-order valence-corrected chi connectivity index (χ0v) is 17.7. The normalized spacial score (nSPS) is 12.1. The van der Waals surface area contributed by atoms with Crippen molar-refractivity contribution in [3.63, 3.8) is 0 Å². The van der Waals surface area contributed by atoms with Crippen molar-refractivity contribution in [1.82, 2.24) is 0 Å². The maximum absolute atomic E-state index is 7.19. The van der Waals surface area contributed by atoms with Crippen LogP contribution in [0.15, 0.2) is 103 Å². The summed E-state index contributed by atoms with van der Waals surface area (Å²) in [5, 5.41) is 4.91. The summed E-state index contributed by atoms with van der Waals surface area (Å²) in [7, 11) is -2.61. The molecule has 4 aromatic rings. The van der Waals surface area contributed by atoms with Crippen LogP contribution in [-0.4, -0.2) is 8.32 Å². The summed E-state index contributed by atoms with van der Waals surface area (Å²) in [5.41, 5.74) is 0. The summed E-state index contributed by atoms with van der Waals surface area (Å²) in [6, 6.07) is 36.4. The third-order valence-corrected chi connectivity index (χ3v) is 10.4. The molecule has 4 aromatic carbocycles. The number of rotatable bonds is 4. The molecule has 0 heterocycles. The predicted octanol–water partition coefficient (Wildman–Crippen LogP) is 5.78. The Morgan fingerprint density at radius 2 is 1.07 bits per heavy atom. The van der Waals surface area contributed by atoms with Crippen LogP contribution in [0.4, 0.5) is 0 Å². The molecule has 0 saturated carbocycles. The fourth-order valence-electron chi connectivity index (χ4n) is 4.10. The van der Waals surface area contributed by atoms with Crippen LogP contribution in [0.5, 0.6) is 5.75 Å². The van der Waals surface area contributed by atoms with Gasteiger partial charge in [0.15, 0.2) is 0 Å². The van der Waals surface area contributed by atoms with Gasteiger partial charge >= 0.3 is 8.32 Å². The van der Waals surface area contributed by atoms with E-state index in [9.17, 15) is 0 Å². The lowest BCUT2D eigenvalue weighted by Gasteiger charge is -2.43. The highest BCUT2D eigenvalue weighted by Crippen LogP contribution is 2.39. The van der Waals surface area contributed by atoms with E-state index in [4.69, 9.17) is 4.43 Å². The van der Waals surface area contributed by atoms with Crippen molar-refractivity contribution in [3.05, 3.63) is 103 Å². The molecule has 2 heteroatoms.